The number of hydrogen-bond donors (Lipinski definition) is 1. The number of nitriles is 1. The SMILES string of the molecule is N#C/C(N)=C/c1ccccn1. The fourth-order valence-electron chi connectivity index (χ4n) is 0.653. The molecule has 0 aliphatic rings. The third-order valence-electron chi connectivity index (χ3n) is 1.12. The molecule has 0 unspecified atom stereocenters. The number of hydrogen-bond acceptors (Lipinski definition) is 3. The Balaban J connectivity index is 2.90. The van der Waals surface area contributed by atoms with Crippen LogP contribution in [0.1, 0.15) is 5.69 Å². The second-order valence-electron chi connectivity index (χ2n) is 1.97. The van der Waals surface area contributed by atoms with Crippen LogP contribution >= 0.6 is 0 Å². The second kappa shape index (κ2) is 3.37. The maximum atomic E-state index is 8.33. The Labute approximate surface area is 64.8 Å². The number of nitrogens with two attached hydrogens (primary N) is 1. The minimum Gasteiger partial charge on any atom is -0.390 e. The zero-order valence-corrected chi connectivity index (χ0v) is 5.86. The highest BCUT2D eigenvalue weighted by Gasteiger charge is 1.87. The van der Waals surface area contributed by atoms with Crippen LogP contribution in [0.5, 0.6) is 0 Å². The summed E-state index contributed by atoms with van der Waals surface area (Å²) in [7, 11) is 0. The number of aromatic nitrogens is 1. The fraction of sp³-hybridized carbons (Fsp3) is 0. The number of rotatable bonds is 1. The van der Waals surface area contributed by atoms with Gasteiger partial charge in [-0.2, -0.15) is 5.26 Å². The van der Waals surface area contributed by atoms with E-state index in [1.54, 1.807) is 18.3 Å². The molecule has 1 aromatic heterocycles. The molecule has 0 aliphatic heterocycles. The van der Waals surface area contributed by atoms with E-state index in [0.717, 1.165) is 0 Å². The molecule has 0 amide bonds. The first-order valence-electron chi connectivity index (χ1n) is 3.11. The van der Waals surface area contributed by atoms with Gasteiger partial charge in [-0.1, -0.05) is 6.07 Å². The van der Waals surface area contributed by atoms with Crippen LogP contribution in [0, 0.1) is 11.3 Å². The van der Waals surface area contributed by atoms with Crippen molar-refractivity contribution < 1.29 is 0 Å². The van der Waals surface area contributed by atoms with Gasteiger partial charge in [0.2, 0.25) is 0 Å². The van der Waals surface area contributed by atoms with E-state index in [0.29, 0.717) is 5.69 Å². The van der Waals surface area contributed by atoms with Gasteiger partial charge in [-0.15, -0.1) is 0 Å². The van der Waals surface area contributed by atoms with Gasteiger partial charge < -0.3 is 5.73 Å². The Morgan fingerprint density at radius 2 is 2.45 bits per heavy atom. The fourth-order valence-corrected chi connectivity index (χ4v) is 0.653. The van der Waals surface area contributed by atoms with Crippen LogP contribution in [0.2, 0.25) is 0 Å². The molecule has 0 spiro atoms. The Bertz CT molecular complexity index is 295. The third-order valence-corrected chi connectivity index (χ3v) is 1.12. The van der Waals surface area contributed by atoms with Crippen molar-refractivity contribution in [1.82, 2.24) is 4.98 Å². The van der Waals surface area contributed by atoms with Gasteiger partial charge in [-0.05, 0) is 18.2 Å². The first-order valence-corrected chi connectivity index (χ1v) is 3.11. The summed E-state index contributed by atoms with van der Waals surface area (Å²) < 4.78 is 0. The lowest BCUT2D eigenvalue weighted by molar-refractivity contribution is 1.28. The molecule has 11 heavy (non-hydrogen) atoms. The lowest BCUT2D eigenvalue weighted by atomic mass is 10.3. The molecule has 3 nitrogen and oxygen atoms in total. The van der Waals surface area contributed by atoms with Crippen LogP contribution < -0.4 is 5.73 Å². The van der Waals surface area contributed by atoms with Crippen LogP contribution in [0.15, 0.2) is 30.1 Å². The summed E-state index contributed by atoms with van der Waals surface area (Å²) in [6.07, 6.45) is 3.18. The van der Waals surface area contributed by atoms with Crippen molar-refractivity contribution in [3.63, 3.8) is 0 Å². The standard InChI is InChI=1S/C8H7N3/c9-6-7(10)5-8-3-1-2-4-11-8/h1-5H,10H2/b7-5-. The normalized spacial score (nSPS) is 10.6. The number of allylic oxidation sites excluding steroid dienone is 1. The second-order valence-corrected chi connectivity index (χ2v) is 1.97. The molecule has 0 aliphatic carbocycles. The zero-order chi connectivity index (χ0) is 8.10. The van der Waals surface area contributed by atoms with Crippen molar-refractivity contribution in [3.8, 4) is 6.07 Å². The van der Waals surface area contributed by atoms with Gasteiger partial charge in [0.1, 0.15) is 11.8 Å². The molecule has 1 rings (SSSR count). The molecule has 0 aromatic carbocycles. The van der Waals surface area contributed by atoms with Crippen LogP contribution in [0.4, 0.5) is 0 Å². The largest absolute Gasteiger partial charge is 0.390 e. The van der Waals surface area contributed by atoms with Crippen molar-refractivity contribution in [2.24, 2.45) is 5.73 Å². The Kier molecular flexibility index (Phi) is 2.24. The molecule has 1 heterocycles. The van der Waals surface area contributed by atoms with Crippen LogP contribution in [-0.4, -0.2) is 4.98 Å². The highest BCUT2D eigenvalue weighted by Crippen LogP contribution is 1.97. The summed E-state index contributed by atoms with van der Waals surface area (Å²) in [5.41, 5.74) is 6.14. The van der Waals surface area contributed by atoms with Crippen LogP contribution in [0.3, 0.4) is 0 Å². The molecule has 0 bridgehead atoms. The van der Waals surface area contributed by atoms with Crippen molar-refractivity contribution in [3.05, 3.63) is 35.8 Å². The van der Waals surface area contributed by atoms with Gasteiger partial charge in [-0.3, -0.25) is 4.98 Å². The van der Waals surface area contributed by atoms with E-state index in [-0.39, 0.29) is 5.70 Å². The molecule has 0 saturated heterocycles. The Morgan fingerprint density at radius 1 is 1.64 bits per heavy atom. The van der Waals surface area contributed by atoms with E-state index < -0.39 is 0 Å². The molecule has 0 atom stereocenters. The molecule has 3 heteroatoms. The highest BCUT2D eigenvalue weighted by atomic mass is 14.7. The van der Waals surface area contributed by atoms with E-state index in [4.69, 9.17) is 11.0 Å². The summed E-state index contributed by atoms with van der Waals surface area (Å²) >= 11 is 0. The summed E-state index contributed by atoms with van der Waals surface area (Å²) in [5, 5.41) is 8.33. The summed E-state index contributed by atoms with van der Waals surface area (Å²) in [6.45, 7) is 0. The number of nitrogens with zero attached hydrogens (tertiary/aromatic N) is 2. The average molecular weight is 145 g/mol. The Morgan fingerprint density at radius 3 is 3.00 bits per heavy atom. The summed E-state index contributed by atoms with van der Waals surface area (Å²) in [6, 6.07) is 7.24. The maximum Gasteiger partial charge on any atom is 0.117 e. The van der Waals surface area contributed by atoms with Crippen molar-refractivity contribution in [1.29, 1.82) is 5.26 Å². The van der Waals surface area contributed by atoms with Crippen LogP contribution in [-0.2, 0) is 0 Å². The molecule has 2 N–H and O–H groups in total. The van der Waals surface area contributed by atoms with Gasteiger partial charge >= 0.3 is 0 Å². The smallest absolute Gasteiger partial charge is 0.117 e. The highest BCUT2D eigenvalue weighted by molar-refractivity contribution is 5.51. The molecular formula is C8H7N3. The topological polar surface area (TPSA) is 62.7 Å². The molecule has 54 valence electrons. The van der Waals surface area contributed by atoms with Gasteiger partial charge in [0.25, 0.3) is 0 Å². The Hall–Kier alpha value is -1.82. The van der Waals surface area contributed by atoms with E-state index in [1.165, 1.54) is 6.08 Å². The zero-order valence-electron chi connectivity index (χ0n) is 5.86. The average Bonchev–Trinajstić information content (AvgIpc) is 2.06. The lowest BCUT2D eigenvalue weighted by Gasteiger charge is -1.89. The monoisotopic (exact) mass is 145 g/mol. The van der Waals surface area contributed by atoms with Gasteiger partial charge in [-0.25, -0.2) is 0 Å². The van der Waals surface area contributed by atoms with Gasteiger partial charge in [0.15, 0.2) is 0 Å². The van der Waals surface area contributed by atoms with E-state index in [9.17, 15) is 0 Å². The van der Waals surface area contributed by atoms with E-state index in [1.807, 2.05) is 12.1 Å². The minimum atomic E-state index is 0.170. The predicted octanol–water partition coefficient (Wildman–Crippen LogP) is 0.905. The van der Waals surface area contributed by atoms with Crippen LogP contribution in [0.25, 0.3) is 6.08 Å². The minimum absolute atomic E-state index is 0.170. The predicted molar refractivity (Wildman–Crippen MR) is 42.0 cm³/mol. The van der Waals surface area contributed by atoms with Crippen molar-refractivity contribution in [2.45, 2.75) is 0 Å². The third kappa shape index (κ3) is 2.11. The van der Waals surface area contributed by atoms with Crippen molar-refractivity contribution in [2.75, 3.05) is 0 Å². The van der Waals surface area contributed by atoms with E-state index in [2.05, 4.69) is 4.98 Å². The maximum absolute atomic E-state index is 8.33. The lowest BCUT2D eigenvalue weighted by Crippen LogP contribution is -1.92. The first kappa shape index (κ1) is 7.29. The summed E-state index contributed by atoms with van der Waals surface area (Å²) in [4.78, 5) is 3.96. The molecule has 0 radical (unpaired) electrons. The summed E-state index contributed by atoms with van der Waals surface area (Å²) in [5.74, 6) is 0. The number of pyridine rings is 1. The molecule has 1 aromatic rings. The molecular weight excluding hydrogens is 138 g/mol. The quantitative estimate of drug-likeness (QED) is 0.597. The van der Waals surface area contributed by atoms with Gasteiger partial charge in [0, 0.05) is 6.20 Å². The van der Waals surface area contributed by atoms with Crippen molar-refractivity contribution >= 4 is 6.08 Å². The molecule has 0 fully saturated rings. The van der Waals surface area contributed by atoms with E-state index >= 15 is 0 Å². The first-order chi connectivity index (χ1) is 5.33. The van der Waals surface area contributed by atoms with Gasteiger partial charge in [0.05, 0.1) is 5.69 Å². The molecule has 0 saturated carbocycles.